The van der Waals surface area contributed by atoms with Crippen LogP contribution >= 0.6 is 0 Å². The Morgan fingerprint density at radius 3 is 1.67 bits per heavy atom. The number of hydrogen-bond acceptors (Lipinski definition) is 14. The lowest BCUT2D eigenvalue weighted by molar-refractivity contribution is -0.312. The number of aliphatic hydroxyl groups excluding tert-OH is 4. The lowest BCUT2D eigenvalue weighted by Crippen LogP contribution is -2.63. The van der Waals surface area contributed by atoms with Gasteiger partial charge in [0, 0.05) is 33.3 Å². The molecule has 0 unspecified atom stereocenters. The fourth-order valence-corrected chi connectivity index (χ4v) is 5.28. The molecule has 14 nitrogen and oxygen atoms in total. The van der Waals surface area contributed by atoms with Crippen molar-refractivity contribution in [3.8, 4) is 0 Å². The summed E-state index contributed by atoms with van der Waals surface area (Å²) in [7, 11) is 0. The molecule has 0 bridgehead atoms. The number of aliphatic hydroxyl groups is 4. The molecule has 0 aliphatic carbocycles. The van der Waals surface area contributed by atoms with Crippen LogP contribution in [-0.4, -0.2) is 114 Å². The fourth-order valence-electron chi connectivity index (χ4n) is 5.28. The molecule has 0 amide bonds. The van der Waals surface area contributed by atoms with Gasteiger partial charge >= 0.3 is 23.9 Å². The van der Waals surface area contributed by atoms with Crippen molar-refractivity contribution in [2.24, 2.45) is 0 Å². The van der Waals surface area contributed by atoms with Crippen LogP contribution in [0.15, 0.2) is 0 Å². The zero-order valence-corrected chi connectivity index (χ0v) is 29.1. The topological polar surface area (TPSA) is 205 Å². The minimum absolute atomic E-state index is 0.0440. The van der Waals surface area contributed by atoms with Crippen molar-refractivity contribution in [3.63, 3.8) is 0 Å². The third-order valence-electron chi connectivity index (χ3n) is 7.97. The highest BCUT2D eigenvalue weighted by Crippen LogP contribution is 2.31. The van der Waals surface area contributed by atoms with Gasteiger partial charge in [0.05, 0.1) is 13.2 Å². The summed E-state index contributed by atoms with van der Waals surface area (Å²) in [5.41, 5.74) is 0. The number of unbranched alkanes of at least 4 members (excludes halogenated alkanes) is 12. The molecule has 1 aliphatic heterocycles. The number of hydrogen-bond donors (Lipinski definition) is 4. The largest absolute Gasteiger partial charge is 0.463 e. The van der Waals surface area contributed by atoms with Gasteiger partial charge in [-0.25, -0.2) is 0 Å². The van der Waals surface area contributed by atoms with Crippen LogP contribution in [0, 0.1) is 0 Å². The van der Waals surface area contributed by atoms with E-state index >= 15 is 0 Å². The minimum Gasteiger partial charge on any atom is -0.463 e. The van der Waals surface area contributed by atoms with Gasteiger partial charge in [-0.05, 0) is 19.3 Å². The van der Waals surface area contributed by atoms with Crippen molar-refractivity contribution in [1.82, 2.24) is 0 Å². The van der Waals surface area contributed by atoms with E-state index in [0.29, 0.717) is 12.8 Å². The van der Waals surface area contributed by atoms with Crippen LogP contribution in [-0.2, 0) is 47.6 Å². The normalized spacial score (nSPS) is 22.0. The first-order chi connectivity index (χ1) is 23.0. The average Bonchev–Trinajstić information content (AvgIpc) is 3.04. The predicted octanol–water partition coefficient (Wildman–Crippen LogP) is 3.01. The standard InChI is InChI=1S/C34H60O14/c1-4-5-15-18-30(42)48-33-32(47-29(41)19-16-13-11-9-7-6-8-10-12-14-17-20-35)31(45-25(3)38)28(23-43-24(2)37)46-34(33)44-22-27(40)26(39)21-36/h26-28,31-36,39-40H,4-23H2,1-3H3/t26-,27+,28-,31-,32+,33+,34-/m0/s1. The van der Waals surface area contributed by atoms with Gasteiger partial charge in [-0.2, -0.15) is 0 Å². The molecular formula is C34H60O14. The van der Waals surface area contributed by atoms with Gasteiger partial charge in [0.15, 0.2) is 24.6 Å². The Balaban J connectivity index is 3.02. The molecule has 48 heavy (non-hydrogen) atoms. The second kappa shape index (κ2) is 26.5. The zero-order chi connectivity index (χ0) is 35.7. The number of carbonyl (C=O) groups excluding carboxylic acids is 4. The van der Waals surface area contributed by atoms with E-state index in [0.717, 1.165) is 71.1 Å². The van der Waals surface area contributed by atoms with Gasteiger partial charge in [-0.15, -0.1) is 0 Å². The highest BCUT2D eigenvalue weighted by molar-refractivity contribution is 5.71. The Kier molecular flexibility index (Phi) is 24.1. The molecule has 0 saturated carbocycles. The summed E-state index contributed by atoms with van der Waals surface area (Å²) in [5, 5.41) is 38.1. The first-order valence-corrected chi connectivity index (χ1v) is 17.6. The van der Waals surface area contributed by atoms with Crippen molar-refractivity contribution in [2.45, 2.75) is 166 Å². The number of rotatable bonds is 27. The molecule has 0 radical (unpaired) electrons. The van der Waals surface area contributed by atoms with Gasteiger partial charge in [0.2, 0.25) is 0 Å². The van der Waals surface area contributed by atoms with Gasteiger partial charge in [0.25, 0.3) is 0 Å². The number of esters is 4. The lowest BCUT2D eigenvalue weighted by atomic mass is 9.97. The van der Waals surface area contributed by atoms with Crippen molar-refractivity contribution in [2.75, 3.05) is 26.4 Å². The van der Waals surface area contributed by atoms with Crippen molar-refractivity contribution in [1.29, 1.82) is 0 Å². The summed E-state index contributed by atoms with van der Waals surface area (Å²) in [6.07, 6.45) is 3.21. The van der Waals surface area contributed by atoms with Crippen LogP contribution < -0.4 is 0 Å². The van der Waals surface area contributed by atoms with Crippen molar-refractivity contribution >= 4 is 23.9 Å². The van der Waals surface area contributed by atoms with Gasteiger partial charge < -0.3 is 48.8 Å². The Bertz CT molecular complexity index is 899. The van der Waals surface area contributed by atoms with E-state index in [-0.39, 0.29) is 19.4 Å². The van der Waals surface area contributed by atoms with E-state index in [2.05, 4.69) is 0 Å². The fraction of sp³-hybridized carbons (Fsp3) is 0.882. The molecule has 1 rings (SSSR count). The monoisotopic (exact) mass is 692 g/mol. The minimum atomic E-state index is -1.55. The maximum atomic E-state index is 13.2. The van der Waals surface area contributed by atoms with Crippen LogP contribution in [0.4, 0.5) is 0 Å². The highest BCUT2D eigenvalue weighted by Gasteiger charge is 2.53. The Labute approximate surface area is 284 Å². The van der Waals surface area contributed by atoms with E-state index < -0.39 is 86.6 Å². The molecule has 280 valence electrons. The molecule has 1 saturated heterocycles. The smallest absolute Gasteiger partial charge is 0.306 e. The zero-order valence-electron chi connectivity index (χ0n) is 29.1. The molecule has 4 N–H and O–H groups in total. The molecule has 0 aromatic heterocycles. The highest BCUT2D eigenvalue weighted by atomic mass is 16.7. The molecule has 0 aromatic rings. The second-order valence-electron chi connectivity index (χ2n) is 12.3. The third kappa shape index (κ3) is 19.0. The van der Waals surface area contributed by atoms with Crippen LogP contribution in [0.25, 0.3) is 0 Å². The summed E-state index contributed by atoms with van der Waals surface area (Å²) < 4.78 is 33.8. The Morgan fingerprint density at radius 1 is 0.646 bits per heavy atom. The summed E-state index contributed by atoms with van der Waals surface area (Å²) in [5.74, 6) is -2.69. The van der Waals surface area contributed by atoms with Gasteiger partial charge in [0.1, 0.15) is 24.9 Å². The summed E-state index contributed by atoms with van der Waals surface area (Å²) in [6, 6.07) is 0. The molecule has 1 fully saturated rings. The summed E-state index contributed by atoms with van der Waals surface area (Å²) in [6.45, 7) is 2.79. The lowest BCUT2D eigenvalue weighted by Gasteiger charge is -2.44. The maximum Gasteiger partial charge on any atom is 0.306 e. The quantitative estimate of drug-likeness (QED) is 0.0555. The number of ether oxygens (including phenoxy) is 6. The molecule has 0 spiro atoms. The van der Waals surface area contributed by atoms with Crippen LogP contribution in [0.1, 0.15) is 124 Å². The van der Waals surface area contributed by atoms with Crippen LogP contribution in [0.5, 0.6) is 0 Å². The van der Waals surface area contributed by atoms with Crippen LogP contribution in [0.2, 0.25) is 0 Å². The Hall–Kier alpha value is -2.36. The first-order valence-electron chi connectivity index (χ1n) is 17.6. The molecule has 1 aliphatic rings. The van der Waals surface area contributed by atoms with Crippen LogP contribution in [0.3, 0.4) is 0 Å². The third-order valence-corrected chi connectivity index (χ3v) is 7.97. The van der Waals surface area contributed by atoms with E-state index in [4.69, 9.17) is 33.5 Å². The van der Waals surface area contributed by atoms with E-state index in [1.54, 1.807) is 0 Å². The molecule has 1 heterocycles. The molecular weight excluding hydrogens is 632 g/mol. The maximum absolute atomic E-state index is 13.2. The molecule has 0 aromatic carbocycles. The predicted molar refractivity (Wildman–Crippen MR) is 172 cm³/mol. The Morgan fingerprint density at radius 2 is 1.17 bits per heavy atom. The van der Waals surface area contributed by atoms with E-state index in [1.165, 1.54) is 19.8 Å². The number of carbonyl (C=O) groups is 4. The summed E-state index contributed by atoms with van der Waals surface area (Å²) >= 11 is 0. The molecule has 7 atom stereocenters. The van der Waals surface area contributed by atoms with E-state index in [9.17, 15) is 34.5 Å². The van der Waals surface area contributed by atoms with Gasteiger partial charge in [-0.1, -0.05) is 77.6 Å². The average molecular weight is 693 g/mol. The van der Waals surface area contributed by atoms with Crippen molar-refractivity contribution < 1.29 is 68.0 Å². The summed E-state index contributed by atoms with van der Waals surface area (Å²) in [4.78, 5) is 49.9. The SMILES string of the molecule is CCCCCC(=O)O[C@H]1[C@@H](OC[C@@H](O)[C@@H](O)CO)O[C@@H](COC(C)=O)[C@H](OC(C)=O)[C@H]1OC(=O)CCCCCCCCCCCCCO. The molecule has 14 heteroatoms. The first kappa shape index (κ1) is 43.7. The second-order valence-corrected chi connectivity index (χ2v) is 12.3. The van der Waals surface area contributed by atoms with Gasteiger partial charge in [-0.3, -0.25) is 19.2 Å². The van der Waals surface area contributed by atoms with Crippen molar-refractivity contribution in [3.05, 3.63) is 0 Å². The van der Waals surface area contributed by atoms with E-state index in [1.807, 2.05) is 6.92 Å².